The lowest BCUT2D eigenvalue weighted by Crippen LogP contribution is -2.35. The molecule has 1 fully saturated rings. The Morgan fingerprint density at radius 1 is 1.04 bits per heavy atom. The predicted molar refractivity (Wildman–Crippen MR) is 103 cm³/mol. The molecule has 0 amide bonds. The second kappa shape index (κ2) is 7.60. The first kappa shape index (κ1) is 17.3. The number of fused-ring (bicyclic) bond motifs is 1. The summed E-state index contributed by atoms with van der Waals surface area (Å²) in [6.07, 6.45) is 5.14. The van der Waals surface area contributed by atoms with Crippen LogP contribution in [-0.2, 0) is 13.0 Å². The highest BCUT2D eigenvalue weighted by atomic mass is 19.1. The molecule has 136 valence electrons. The molecule has 1 aliphatic heterocycles. The van der Waals surface area contributed by atoms with Crippen LogP contribution in [0.2, 0.25) is 0 Å². The first-order valence-corrected chi connectivity index (χ1v) is 9.40. The second-order valence-corrected chi connectivity index (χ2v) is 7.19. The van der Waals surface area contributed by atoms with E-state index in [0.717, 1.165) is 50.0 Å². The molecule has 2 aromatic carbocycles. The number of hydrogen-bond acceptors (Lipinski definition) is 2. The van der Waals surface area contributed by atoms with Crippen molar-refractivity contribution in [1.82, 2.24) is 9.47 Å². The van der Waals surface area contributed by atoms with E-state index in [9.17, 15) is 9.50 Å². The van der Waals surface area contributed by atoms with E-state index >= 15 is 0 Å². The summed E-state index contributed by atoms with van der Waals surface area (Å²) < 4.78 is 16.1. The second-order valence-electron chi connectivity index (χ2n) is 7.19. The first-order chi connectivity index (χ1) is 12.7. The predicted octanol–water partition coefficient (Wildman–Crippen LogP) is 4.15. The van der Waals surface area contributed by atoms with E-state index in [-0.39, 0.29) is 12.4 Å². The monoisotopic (exact) mass is 352 g/mol. The average molecular weight is 352 g/mol. The number of nitrogens with zero attached hydrogens (tertiary/aromatic N) is 2. The van der Waals surface area contributed by atoms with Gasteiger partial charge in [-0.1, -0.05) is 30.3 Å². The zero-order chi connectivity index (χ0) is 17.9. The number of aliphatic hydroxyl groups excluding tert-OH is 1. The lowest BCUT2D eigenvalue weighted by molar-refractivity contribution is 0.190. The summed E-state index contributed by atoms with van der Waals surface area (Å²) in [5.74, 6) is -0.0964. The third-order valence-corrected chi connectivity index (χ3v) is 5.58. The van der Waals surface area contributed by atoms with Crippen molar-refractivity contribution in [3.63, 3.8) is 0 Å². The summed E-state index contributed by atoms with van der Waals surface area (Å²) in [5.41, 5.74) is 2.98. The minimum Gasteiger partial charge on any atom is -0.392 e. The van der Waals surface area contributed by atoms with Crippen LogP contribution in [0.4, 0.5) is 4.39 Å². The lowest BCUT2D eigenvalue weighted by atomic mass is 10.0. The summed E-state index contributed by atoms with van der Waals surface area (Å²) >= 11 is 0. The van der Waals surface area contributed by atoms with Gasteiger partial charge in [-0.15, -0.1) is 0 Å². The number of aromatic nitrogens is 1. The molecule has 3 aromatic rings. The number of likely N-dealkylation sites (tertiary alicyclic amines) is 1. The molecular weight excluding hydrogens is 327 g/mol. The number of benzene rings is 2. The average Bonchev–Trinajstić information content (AvgIpc) is 3.11. The number of hydrogen-bond donors (Lipinski definition) is 1. The van der Waals surface area contributed by atoms with Crippen molar-refractivity contribution in [2.24, 2.45) is 0 Å². The highest BCUT2D eigenvalue weighted by Crippen LogP contribution is 2.28. The van der Waals surface area contributed by atoms with Crippen molar-refractivity contribution in [3.05, 3.63) is 71.7 Å². The molecule has 0 bridgehead atoms. The van der Waals surface area contributed by atoms with Crippen molar-refractivity contribution in [1.29, 1.82) is 0 Å². The van der Waals surface area contributed by atoms with Crippen LogP contribution in [0.1, 0.15) is 30.0 Å². The van der Waals surface area contributed by atoms with Crippen LogP contribution < -0.4 is 0 Å². The largest absolute Gasteiger partial charge is 0.392 e. The van der Waals surface area contributed by atoms with E-state index < -0.39 is 0 Å². The summed E-state index contributed by atoms with van der Waals surface area (Å²) in [5, 5.41) is 10.6. The van der Waals surface area contributed by atoms with Gasteiger partial charge >= 0.3 is 0 Å². The maximum absolute atomic E-state index is 13.8. The minimum atomic E-state index is -0.0964. The normalized spacial score (nSPS) is 16.4. The molecule has 0 atom stereocenters. The standard InChI is InChI=1S/C22H25FN2O/c23-21-4-2-1-3-18(21)7-11-24-12-9-20(10-13-24)25-14-8-19-6-5-17(16-26)15-22(19)25/h1-6,8,14-15,20,26H,7,9-13,16H2. The number of halogens is 1. The minimum absolute atomic E-state index is 0.0790. The fraction of sp³-hybridized carbons (Fsp3) is 0.364. The first-order valence-electron chi connectivity index (χ1n) is 9.40. The Kier molecular flexibility index (Phi) is 5.05. The van der Waals surface area contributed by atoms with E-state index in [1.807, 2.05) is 18.2 Å². The Morgan fingerprint density at radius 3 is 2.62 bits per heavy atom. The topological polar surface area (TPSA) is 28.4 Å². The van der Waals surface area contributed by atoms with Gasteiger partial charge in [0.15, 0.2) is 0 Å². The van der Waals surface area contributed by atoms with Gasteiger partial charge in [0, 0.05) is 37.4 Å². The van der Waals surface area contributed by atoms with Gasteiger partial charge in [0.25, 0.3) is 0 Å². The van der Waals surface area contributed by atoms with Crippen LogP contribution >= 0.6 is 0 Å². The number of rotatable bonds is 5. The van der Waals surface area contributed by atoms with Crippen LogP contribution in [0.3, 0.4) is 0 Å². The summed E-state index contributed by atoms with van der Waals surface area (Å²) in [6, 6.07) is 15.9. The molecule has 0 radical (unpaired) electrons. The highest BCUT2D eigenvalue weighted by Gasteiger charge is 2.21. The molecule has 0 aliphatic carbocycles. The fourth-order valence-electron chi connectivity index (χ4n) is 4.01. The molecule has 1 saturated heterocycles. The van der Waals surface area contributed by atoms with Gasteiger partial charge in [-0.3, -0.25) is 0 Å². The molecule has 0 saturated carbocycles. The molecule has 4 rings (SSSR count). The van der Waals surface area contributed by atoms with Gasteiger partial charge < -0.3 is 14.6 Å². The lowest BCUT2D eigenvalue weighted by Gasteiger charge is -2.33. The summed E-state index contributed by atoms with van der Waals surface area (Å²) in [7, 11) is 0. The summed E-state index contributed by atoms with van der Waals surface area (Å²) in [4.78, 5) is 2.44. The van der Waals surface area contributed by atoms with E-state index in [1.54, 1.807) is 12.1 Å². The van der Waals surface area contributed by atoms with E-state index in [1.165, 1.54) is 10.9 Å². The number of piperidine rings is 1. The zero-order valence-electron chi connectivity index (χ0n) is 14.9. The van der Waals surface area contributed by atoms with Crippen LogP contribution in [0.5, 0.6) is 0 Å². The molecule has 1 aliphatic rings. The third-order valence-electron chi connectivity index (χ3n) is 5.58. The Balaban J connectivity index is 1.38. The Hall–Kier alpha value is -2.17. The molecule has 1 N–H and O–H groups in total. The molecule has 0 unspecified atom stereocenters. The van der Waals surface area contributed by atoms with Crippen LogP contribution in [0.15, 0.2) is 54.7 Å². The Labute approximate surface area is 153 Å². The summed E-state index contributed by atoms with van der Waals surface area (Å²) in [6.45, 7) is 3.07. The Morgan fingerprint density at radius 2 is 1.85 bits per heavy atom. The quantitative estimate of drug-likeness (QED) is 0.747. The molecule has 1 aromatic heterocycles. The van der Waals surface area contributed by atoms with E-state index in [4.69, 9.17) is 0 Å². The molecule has 3 nitrogen and oxygen atoms in total. The third kappa shape index (κ3) is 3.53. The van der Waals surface area contributed by atoms with Crippen molar-refractivity contribution in [3.8, 4) is 0 Å². The van der Waals surface area contributed by atoms with E-state index in [0.29, 0.717) is 6.04 Å². The van der Waals surface area contributed by atoms with Crippen molar-refractivity contribution >= 4 is 10.9 Å². The van der Waals surface area contributed by atoms with Gasteiger partial charge in [0.05, 0.1) is 6.61 Å². The van der Waals surface area contributed by atoms with Gasteiger partial charge in [-0.05, 0) is 54.0 Å². The Bertz CT molecular complexity index is 881. The molecule has 2 heterocycles. The van der Waals surface area contributed by atoms with Gasteiger partial charge in [0.2, 0.25) is 0 Å². The zero-order valence-corrected chi connectivity index (χ0v) is 14.9. The molecular formula is C22H25FN2O. The molecule has 4 heteroatoms. The van der Waals surface area contributed by atoms with Gasteiger partial charge in [-0.25, -0.2) is 4.39 Å². The van der Waals surface area contributed by atoms with Crippen LogP contribution in [0, 0.1) is 5.82 Å². The fourth-order valence-corrected chi connectivity index (χ4v) is 4.01. The van der Waals surface area contributed by atoms with E-state index in [2.05, 4.69) is 33.9 Å². The highest BCUT2D eigenvalue weighted by molar-refractivity contribution is 5.81. The van der Waals surface area contributed by atoms with Crippen LogP contribution in [0.25, 0.3) is 10.9 Å². The van der Waals surface area contributed by atoms with Crippen LogP contribution in [-0.4, -0.2) is 34.2 Å². The maximum Gasteiger partial charge on any atom is 0.126 e. The van der Waals surface area contributed by atoms with Crippen molar-refractivity contribution < 1.29 is 9.50 Å². The smallest absolute Gasteiger partial charge is 0.126 e. The van der Waals surface area contributed by atoms with Gasteiger partial charge in [0.1, 0.15) is 5.82 Å². The van der Waals surface area contributed by atoms with Crippen molar-refractivity contribution in [2.75, 3.05) is 19.6 Å². The number of aliphatic hydroxyl groups is 1. The molecule has 0 spiro atoms. The molecule has 26 heavy (non-hydrogen) atoms. The SMILES string of the molecule is OCc1ccc2ccn(C3CCN(CCc4ccccc4F)CC3)c2c1. The maximum atomic E-state index is 13.8. The van der Waals surface area contributed by atoms with Crippen molar-refractivity contribution in [2.45, 2.75) is 31.9 Å². The van der Waals surface area contributed by atoms with Gasteiger partial charge in [-0.2, -0.15) is 0 Å².